The molecule has 1 aromatic rings. The number of hydrogen-bond acceptors (Lipinski definition) is 4. The van der Waals surface area contributed by atoms with E-state index >= 15 is 0 Å². The Hall–Kier alpha value is -1.88. The second-order valence-electron chi connectivity index (χ2n) is 5.73. The predicted octanol–water partition coefficient (Wildman–Crippen LogP) is 1.53. The first-order valence-corrected chi connectivity index (χ1v) is 6.45. The second-order valence-corrected chi connectivity index (χ2v) is 5.73. The molecule has 0 aliphatic rings. The highest BCUT2D eigenvalue weighted by atomic mass is 16.6. The zero-order valence-electron chi connectivity index (χ0n) is 12.1. The average molecular weight is 279 g/mol. The van der Waals surface area contributed by atoms with Crippen LogP contribution in [0.2, 0.25) is 0 Å². The van der Waals surface area contributed by atoms with Crippen LogP contribution in [0.25, 0.3) is 0 Å². The van der Waals surface area contributed by atoms with E-state index in [9.17, 15) is 9.59 Å². The number of hydrogen-bond donors (Lipinski definition) is 2. The molecule has 1 rings (SSSR count). The molecule has 3 N–H and O–H groups in total. The van der Waals surface area contributed by atoms with Crippen LogP contribution in [0.1, 0.15) is 31.9 Å². The van der Waals surface area contributed by atoms with Gasteiger partial charge >= 0.3 is 11.9 Å². The van der Waals surface area contributed by atoms with E-state index in [0.717, 1.165) is 5.56 Å². The third-order valence-electron chi connectivity index (χ3n) is 2.54. The van der Waals surface area contributed by atoms with E-state index in [1.54, 1.807) is 45.0 Å². The highest BCUT2D eigenvalue weighted by molar-refractivity contribution is 5.76. The van der Waals surface area contributed by atoms with Gasteiger partial charge in [0.15, 0.2) is 0 Å². The van der Waals surface area contributed by atoms with Gasteiger partial charge in [0, 0.05) is 0 Å². The van der Waals surface area contributed by atoms with Crippen molar-refractivity contribution in [3.05, 3.63) is 35.4 Å². The smallest absolute Gasteiger partial charge is 0.323 e. The molecule has 5 nitrogen and oxygen atoms in total. The first-order chi connectivity index (χ1) is 9.17. The molecule has 0 aliphatic carbocycles. The van der Waals surface area contributed by atoms with E-state index < -0.39 is 23.6 Å². The van der Waals surface area contributed by atoms with Crippen LogP contribution in [-0.4, -0.2) is 28.7 Å². The van der Waals surface area contributed by atoms with Gasteiger partial charge in [-0.25, -0.2) is 0 Å². The Balaban J connectivity index is 2.60. The Morgan fingerprint density at radius 1 is 1.20 bits per heavy atom. The monoisotopic (exact) mass is 279 g/mol. The Kier molecular flexibility index (Phi) is 5.27. The summed E-state index contributed by atoms with van der Waals surface area (Å²) in [6.45, 7) is 5.37. The van der Waals surface area contributed by atoms with E-state index in [1.807, 2.05) is 0 Å². The van der Waals surface area contributed by atoms with Gasteiger partial charge in [0.25, 0.3) is 0 Å². The molecule has 1 aromatic carbocycles. The first kappa shape index (κ1) is 16.2. The van der Waals surface area contributed by atoms with Gasteiger partial charge in [-0.2, -0.15) is 0 Å². The molecule has 5 heteroatoms. The molecule has 0 bridgehead atoms. The SMILES string of the molecule is CC(C)(C)OC(=O)[C@@H](N)Cc1ccc(CC(=O)O)cc1. The van der Waals surface area contributed by atoms with E-state index in [2.05, 4.69) is 0 Å². The molecular weight excluding hydrogens is 258 g/mol. The minimum Gasteiger partial charge on any atom is -0.481 e. The quantitative estimate of drug-likeness (QED) is 0.798. The third kappa shape index (κ3) is 5.84. The van der Waals surface area contributed by atoms with E-state index in [4.69, 9.17) is 15.6 Å². The fourth-order valence-electron chi connectivity index (χ4n) is 1.68. The molecule has 0 amide bonds. The van der Waals surface area contributed by atoms with Gasteiger partial charge in [-0.15, -0.1) is 0 Å². The minimum absolute atomic E-state index is 0.0155. The minimum atomic E-state index is -0.872. The summed E-state index contributed by atoms with van der Waals surface area (Å²) in [5.41, 5.74) is 6.84. The van der Waals surface area contributed by atoms with Gasteiger partial charge in [0.2, 0.25) is 0 Å². The molecule has 0 fully saturated rings. The summed E-state index contributed by atoms with van der Waals surface area (Å²) in [5.74, 6) is -1.31. The van der Waals surface area contributed by atoms with Crippen LogP contribution >= 0.6 is 0 Å². The molecule has 110 valence electrons. The summed E-state index contributed by atoms with van der Waals surface area (Å²) in [4.78, 5) is 22.3. The number of nitrogens with two attached hydrogens (primary N) is 1. The summed E-state index contributed by atoms with van der Waals surface area (Å²) in [6.07, 6.45) is 0.348. The molecule has 0 saturated heterocycles. The van der Waals surface area contributed by atoms with Crippen molar-refractivity contribution in [2.45, 2.75) is 45.3 Å². The topological polar surface area (TPSA) is 89.6 Å². The lowest BCUT2D eigenvalue weighted by Gasteiger charge is -2.22. The van der Waals surface area contributed by atoms with Crippen LogP contribution in [0, 0.1) is 0 Å². The fraction of sp³-hybridized carbons (Fsp3) is 0.467. The van der Waals surface area contributed by atoms with Crippen LogP contribution in [0.15, 0.2) is 24.3 Å². The summed E-state index contributed by atoms with van der Waals surface area (Å²) in [6, 6.07) is 6.29. The summed E-state index contributed by atoms with van der Waals surface area (Å²) < 4.78 is 5.21. The van der Waals surface area contributed by atoms with Crippen molar-refractivity contribution in [1.82, 2.24) is 0 Å². The van der Waals surface area contributed by atoms with Crippen LogP contribution in [-0.2, 0) is 27.2 Å². The molecule has 1 atom stereocenters. The highest BCUT2D eigenvalue weighted by Gasteiger charge is 2.22. The number of rotatable bonds is 5. The van der Waals surface area contributed by atoms with Crippen LogP contribution < -0.4 is 5.73 Å². The number of carbonyl (C=O) groups excluding carboxylic acids is 1. The number of esters is 1. The molecule has 0 saturated carbocycles. The molecule has 0 spiro atoms. The van der Waals surface area contributed by atoms with Gasteiger partial charge in [-0.1, -0.05) is 24.3 Å². The number of benzene rings is 1. The van der Waals surface area contributed by atoms with E-state index in [1.165, 1.54) is 0 Å². The summed E-state index contributed by atoms with van der Waals surface area (Å²) in [7, 11) is 0. The number of ether oxygens (including phenoxy) is 1. The van der Waals surface area contributed by atoms with Crippen molar-refractivity contribution in [2.75, 3.05) is 0 Å². The van der Waals surface area contributed by atoms with Crippen molar-refractivity contribution in [3.63, 3.8) is 0 Å². The highest BCUT2D eigenvalue weighted by Crippen LogP contribution is 2.11. The Morgan fingerprint density at radius 3 is 2.15 bits per heavy atom. The van der Waals surface area contributed by atoms with Crippen LogP contribution in [0.5, 0.6) is 0 Å². The third-order valence-corrected chi connectivity index (χ3v) is 2.54. The Bertz CT molecular complexity index is 474. The predicted molar refractivity (Wildman–Crippen MR) is 75.3 cm³/mol. The average Bonchev–Trinajstić information content (AvgIpc) is 2.28. The number of carbonyl (C=O) groups is 2. The normalized spacial score (nSPS) is 12.8. The lowest BCUT2D eigenvalue weighted by atomic mass is 10.0. The Labute approximate surface area is 118 Å². The number of aliphatic carboxylic acids is 1. The van der Waals surface area contributed by atoms with E-state index in [-0.39, 0.29) is 6.42 Å². The summed E-state index contributed by atoms with van der Waals surface area (Å²) in [5, 5.41) is 8.68. The van der Waals surface area contributed by atoms with Crippen LogP contribution in [0.4, 0.5) is 0 Å². The van der Waals surface area contributed by atoms with Gasteiger partial charge in [-0.05, 0) is 38.3 Å². The molecule has 0 aromatic heterocycles. The van der Waals surface area contributed by atoms with Gasteiger partial charge in [0.1, 0.15) is 11.6 Å². The maximum Gasteiger partial charge on any atom is 0.323 e. The summed E-state index contributed by atoms with van der Waals surface area (Å²) >= 11 is 0. The number of carboxylic acids is 1. The zero-order valence-corrected chi connectivity index (χ0v) is 12.1. The molecule has 0 unspecified atom stereocenters. The molecule has 0 aliphatic heterocycles. The Morgan fingerprint density at radius 2 is 1.70 bits per heavy atom. The zero-order chi connectivity index (χ0) is 15.3. The van der Waals surface area contributed by atoms with Crippen molar-refractivity contribution < 1.29 is 19.4 Å². The first-order valence-electron chi connectivity index (χ1n) is 6.45. The van der Waals surface area contributed by atoms with E-state index in [0.29, 0.717) is 12.0 Å². The van der Waals surface area contributed by atoms with Crippen LogP contribution in [0.3, 0.4) is 0 Å². The van der Waals surface area contributed by atoms with Crippen molar-refractivity contribution in [2.24, 2.45) is 5.73 Å². The number of carboxylic acid groups (broad SMARTS) is 1. The molecule has 0 radical (unpaired) electrons. The van der Waals surface area contributed by atoms with Crippen molar-refractivity contribution in [3.8, 4) is 0 Å². The maximum atomic E-state index is 11.8. The molecule has 20 heavy (non-hydrogen) atoms. The lowest BCUT2D eigenvalue weighted by Crippen LogP contribution is -2.38. The fourth-order valence-corrected chi connectivity index (χ4v) is 1.68. The van der Waals surface area contributed by atoms with Gasteiger partial charge in [-0.3, -0.25) is 9.59 Å². The lowest BCUT2D eigenvalue weighted by molar-refractivity contribution is -0.156. The van der Waals surface area contributed by atoms with Crippen molar-refractivity contribution >= 4 is 11.9 Å². The second kappa shape index (κ2) is 6.52. The van der Waals surface area contributed by atoms with Gasteiger partial charge in [0.05, 0.1) is 6.42 Å². The largest absolute Gasteiger partial charge is 0.481 e. The molecule has 0 heterocycles. The van der Waals surface area contributed by atoms with Gasteiger partial charge < -0.3 is 15.6 Å². The standard InChI is InChI=1S/C15H21NO4/c1-15(2,3)20-14(19)12(16)8-10-4-6-11(7-5-10)9-13(17)18/h4-7,12H,8-9,16H2,1-3H3,(H,17,18)/t12-/m0/s1. The molecular formula is C15H21NO4. The maximum absolute atomic E-state index is 11.8. The van der Waals surface area contributed by atoms with Crippen molar-refractivity contribution in [1.29, 1.82) is 0 Å².